The van der Waals surface area contributed by atoms with E-state index >= 15 is 0 Å². The predicted octanol–water partition coefficient (Wildman–Crippen LogP) is 3.26. The number of carbonyl (C=O) groups excluding carboxylic acids is 1. The first kappa shape index (κ1) is 19.4. The Morgan fingerprint density at radius 3 is 2.48 bits per heavy atom. The van der Waals surface area contributed by atoms with Gasteiger partial charge in [-0.15, -0.1) is 0 Å². The van der Waals surface area contributed by atoms with E-state index in [2.05, 4.69) is 11.4 Å². The Morgan fingerprint density at radius 2 is 1.81 bits per heavy atom. The summed E-state index contributed by atoms with van der Waals surface area (Å²) in [7, 11) is -3.58. The number of rotatable bonds is 5. The van der Waals surface area contributed by atoms with Crippen molar-refractivity contribution >= 4 is 21.6 Å². The summed E-state index contributed by atoms with van der Waals surface area (Å²) >= 11 is 0. The summed E-state index contributed by atoms with van der Waals surface area (Å²) in [6.45, 7) is 3.60. The Labute approximate surface area is 161 Å². The van der Waals surface area contributed by atoms with Crippen LogP contribution >= 0.6 is 0 Å². The summed E-state index contributed by atoms with van der Waals surface area (Å²) in [6.07, 6.45) is 4.02. The quantitative estimate of drug-likeness (QED) is 0.858. The summed E-state index contributed by atoms with van der Waals surface area (Å²) in [5.41, 5.74) is 4.83. The molecule has 6 heteroatoms. The first-order chi connectivity index (χ1) is 12.7. The van der Waals surface area contributed by atoms with Crippen LogP contribution in [0.25, 0.3) is 0 Å². The number of carbonyl (C=O) groups is 1. The molecule has 1 N–H and O–H groups in total. The molecule has 27 heavy (non-hydrogen) atoms. The Hall–Kier alpha value is -2.34. The van der Waals surface area contributed by atoms with Gasteiger partial charge in [0.05, 0.1) is 18.0 Å². The summed E-state index contributed by atoms with van der Waals surface area (Å²) in [5, 5.41) is 3.03. The minimum absolute atomic E-state index is 0.0666. The van der Waals surface area contributed by atoms with Gasteiger partial charge in [0.2, 0.25) is 15.9 Å². The molecule has 0 fully saturated rings. The van der Waals surface area contributed by atoms with Crippen LogP contribution in [0.1, 0.15) is 41.1 Å². The van der Waals surface area contributed by atoms with Gasteiger partial charge in [0.15, 0.2) is 0 Å². The third-order valence-electron chi connectivity index (χ3n) is 4.89. The van der Waals surface area contributed by atoms with Crippen molar-refractivity contribution in [2.45, 2.75) is 39.2 Å². The highest BCUT2D eigenvalue weighted by Gasteiger charge is 2.25. The molecule has 1 amide bonds. The minimum Gasteiger partial charge on any atom is -0.348 e. The lowest BCUT2D eigenvalue weighted by Gasteiger charge is -2.28. The Kier molecular flexibility index (Phi) is 5.56. The number of nitrogens with zero attached hydrogens (tertiary/aromatic N) is 1. The van der Waals surface area contributed by atoms with Gasteiger partial charge in [-0.1, -0.05) is 30.3 Å². The summed E-state index contributed by atoms with van der Waals surface area (Å²) in [6, 6.07) is 13.6. The van der Waals surface area contributed by atoms with Crippen LogP contribution in [0.4, 0.5) is 5.69 Å². The highest BCUT2D eigenvalue weighted by molar-refractivity contribution is 7.92. The first-order valence-corrected chi connectivity index (χ1v) is 11.0. The highest BCUT2D eigenvalue weighted by atomic mass is 32.2. The van der Waals surface area contributed by atoms with Crippen molar-refractivity contribution in [2.24, 2.45) is 0 Å². The van der Waals surface area contributed by atoms with E-state index in [4.69, 9.17) is 0 Å². The Bertz CT molecular complexity index is 933. The van der Waals surface area contributed by atoms with Crippen molar-refractivity contribution in [3.63, 3.8) is 0 Å². The first-order valence-electron chi connectivity index (χ1n) is 9.17. The standard InChI is InChI=1S/C21H26N2O3S/c1-15-11-16(2)13-18(12-15)23(27(3,25)26)14-21(24)22-20-10-6-8-17-7-4-5-9-19(17)20/h4-5,7,9,11-13,20H,6,8,10,14H2,1-3H3,(H,22,24)/t20-/m1/s1. The van der Waals surface area contributed by atoms with Crippen molar-refractivity contribution in [1.82, 2.24) is 5.32 Å². The third-order valence-corrected chi connectivity index (χ3v) is 6.03. The molecule has 0 saturated heterocycles. The van der Waals surface area contributed by atoms with Crippen molar-refractivity contribution in [3.8, 4) is 0 Å². The maximum absolute atomic E-state index is 12.7. The van der Waals surface area contributed by atoms with E-state index in [0.717, 1.165) is 42.2 Å². The molecule has 2 aromatic rings. The molecule has 0 heterocycles. The zero-order chi connectivity index (χ0) is 19.6. The van der Waals surface area contributed by atoms with Crippen LogP contribution in [-0.4, -0.2) is 27.1 Å². The number of benzene rings is 2. The number of hydrogen-bond acceptors (Lipinski definition) is 3. The lowest BCUT2D eigenvalue weighted by molar-refractivity contribution is -0.120. The molecule has 144 valence electrons. The Balaban J connectivity index is 1.80. The molecule has 1 aliphatic carbocycles. The third kappa shape index (κ3) is 4.69. The molecule has 0 aromatic heterocycles. The zero-order valence-electron chi connectivity index (χ0n) is 16.0. The van der Waals surface area contributed by atoms with Gasteiger partial charge in [-0.25, -0.2) is 8.42 Å². The van der Waals surface area contributed by atoms with Gasteiger partial charge >= 0.3 is 0 Å². The Morgan fingerprint density at radius 1 is 1.15 bits per heavy atom. The van der Waals surface area contributed by atoms with E-state index in [-0.39, 0.29) is 18.5 Å². The second kappa shape index (κ2) is 7.72. The molecular formula is C21H26N2O3S. The van der Waals surface area contributed by atoms with E-state index in [0.29, 0.717) is 5.69 Å². The molecule has 0 bridgehead atoms. The molecule has 0 radical (unpaired) electrons. The average Bonchev–Trinajstić information content (AvgIpc) is 2.58. The lowest BCUT2D eigenvalue weighted by Crippen LogP contribution is -2.42. The number of hydrogen-bond donors (Lipinski definition) is 1. The van der Waals surface area contributed by atoms with Gasteiger partial charge in [0, 0.05) is 0 Å². The van der Waals surface area contributed by atoms with Gasteiger partial charge < -0.3 is 5.32 Å². The van der Waals surface area contributed by atoms with E-state index in [1.807, 2.05) is 38.1 Å². The number of fused-ring (bicyclic) bond motifs is 1. The van der Waals surface area contributed by atoms with Gasteiger partial charge in [-0.2, -0.15) is 0 Å². The maximum atomic E-state index is 12.7. The summed E-state index contributed by atoms with van der Waals surface area (Å²) < 4.78 is 25.8. The molecule has 3 rings (SSSR count). The molecule has 2 aromatic carbocycles. The summed E-state index contributed by atoms with van der Waals surface area (Å²) in [4.78, 5) is 12.7. The second-order valence-corrected chi connectivity index (χ2v) is 9.23. The number of sulfonamides is 1. The lowest BCUT2D eigenvalue weighted by atomic mass is 9.88. The minimum atomic E-state index is -3.58. The smallest absolute Gasteiger partial charge is 0.241 e. The van der Waals surface area contributed by atoms with E-state index < -0.39 is 10.0 Å². The highest BCUT2D eigenvalue weighted by Crippen LogP contribution is 2.29. The molecule has 0 spiro atoms. The van der Waals surface area contributed by atoms with Crippen LogP contribution in [-0.2, 0) is 21.2 Å². The van der Waals surface area contributed by atoms with Crippen LogP contribution < -0.4 is 9.62 Å². The SMILES string of the molecule is Cc1cc(C)cc(N(CC(=O)N[C@@H]2CCCc3ccccc32)S(C)(=O)=O)c1. The van der Waals surface area contributed by atoms with Crippen molar-refractivity contribution in [1.29, 1.82) is 0 Å². The van der Waals surface area contributed by atoms with Gasteiger partial charge in [0.25, 0.3) is 0 Å². The monoisotopic (exact) mass is 386 g/mol. The van der Waals surface area contributed by atoms with Crippen LogP contribution in [0.5, 0.6) is 0 Å². The van der Waals surface area contributed by atoms with Crippen molar-refractivity contribution in [2.75, 3.05) is 17.1 Å². The molecule has 0 aliphatic heterocycles. The predicted molar refractivity (Wildman–Crippen MR) is 108 cm³/mol. The fourth-order valence-electron chi connectivity index (χ4n) is 3.77. The van der Waals surface area contributed by atoms with Gasteiger partial charge in [0.1, 0.15) is 6.54 Å². The van der Waals surface area contributed by atoms with Crippen LogP contribution in [0.15, 0.2) is 42.5 Å². The van der Waals surface area contributed by atoms with E-state index in [1.165, 1.54) is 9.87 Å². The zero-order valence-corrected chi connectivity index (χ0v) is 16.8. The van der Waals surface area contributed by atoms with Crippen LogP contribution in [0.3, 0.4) is 0 Å². The molecular weight excluding hydrogens is 360 g/mol. The van der Waals surface area contributed by atoms with Crippen LogP contribution in [0, 0.1) is 13.8 Å². The van der Waals surface area contributed by atoms with Crippen molar-refractivity contribution < 1.29 is 13.2 Å². The van der Waals surface area contributed by atoms with E-state index in [1.54, 1.807) is 12.1 Å². The normalized spacial score (nSPS) is 16.5. The fraction of sp³-hybridized carbons (Fsp3) is 0.381. The maximum Gasteiger partial charge on any atom is 0.241 e. The van der Waals surface area contributed by atoms with Gasteiger partial charge in [-0.3, -0.25) is 9.10 Å². The van der Waals surface area contributed by atoms with E-state index in [9.17, 15) is 13.2 Å². The summed E-state index contributed by atoms with van der Waals surface area (Å²) in [5.74, 6) is -0.290. The average molecular weight is 387 g/mol. The molecule has 0 unspecified atom stereocenters. The largest absolute Gasteiger partial charge is 0.348 e. The van der Waals surface area contributed by atoms with Crippen LogP contribution in [0.2, 0.25) is 0 Å². The molecule has 1 atom stereocenters. The second-order valence-electron chi connectivity index (χ2n) is 7.33. The van der Waals surface area contributed by atoms with Crippen molar-refractivity contribution in [3.05, 3.63) is 64.7 Å². The number of amides is 1. The molecule has 5 nitrogen and oxygen atoms in total. The molecule has 1 aliphatic rings. The number of nitrogens with one attached hydrogen (secondary N) is 1. The topological polar surface area (TPSA) is 66.5 Å². The fourth-order valence-corrected chi connectivity index (χ4v) is 4.61. The number of anilines is 1. The van der Waals surface area contributed by atoms with Gasteiger partial charge in [-0.05, 0) is 67.5 Å². The number of aryl methyl sites for hydroxylation is 3. The molecule has 0 saturated carbocycles.